The largest absolute Gasteiger partial charge is 0.354 e. The number of benzene rings is 1. The molecule has 1 aliphatic rings. The van der Waals surface area contributed by atoms with Crippen LogP contribution in [0.15, 0.2) is 30.3 Å². The first-order valence-electron chi connectivity index (χ1n) is 6.61. The SMILES string of the molecule is CN1CCC(CNC(=O)C(C#N)c2ccccc2)C1. The van der Waals surface area contributed by atoms with Crippen LogP contribution in [-0.4, -0.2) is 37.5 Å². The Morgan fingerprint density at radius 2 is 2.26 bits per heavy atom. The average Bonchev–Trinajstić information content (AvgIpc) is 2.84. The Labute approximate surface area is 114 Å². The maximum Gasteiger partial charge on any atom is 0.241 e. The van der Waals surface area contributed by atoms with Gasteiger partial charge in [0.25, 0.3) is 0 Å². The topological polar surface area (TPSA) is 56.1 Å². The van der Waals surface area contributed by atoms with Gasteiger partial charge in [-0.15, -0.1) is 0 Å². The van der Waals surface area contributed by atoms with Crippen molar-refractivity contribution in [2.75, 3.05) is 26.7 Å². The molecule has 0 radical (unpaired) electrons. The maximum absolute atomic E-state index is 12.1. The molecule has 1 amide bonds. The van der Waals surface area contributed by atoms with E-state index < -0.39 is 5.92 Å². The lowest BCUT2D eigenvalue weighted by molar-refractivity contribution is -0.121. The maximum atomic E-state index is 12.1. The molecule has 1 aromatic carbocycles. The van der Waals surface area contributed by atoms with E-state index in [1.807, 2.05) is 30.3 Å². The smallest absolute Gasteiger partial charge is 0.241 e. The van der Waals surface area contributed by atoms with E-state index >= 15 is 0 Å². The van der Waals surface area contributed by atoms with Crippen LogP contribution in [0, 0.1) is 17.2 Å². The minimum atomic E-state index is -0.708. The second kappa shape index (κ2) is 6.35. The fourth-order valence-corrected chi connectivity index (χ4v) is 2.47. The first kappa shape index (κ1) is 13.6. The first-order chi connectivity index (χ1) is 9.20. The minimum absolute atomic E-state index is 0.191. The van der Waals surface area contributed by atoms with E-state index in [4.69, 9.17) is 5.26 Å². The molecule has 1 saturated heterocycles. The molecule has 1 heterocycles. The van der Waals surface area contributed by atoms with Crippen molar-refractivity contribution in [1.82, 2.24) is 10.2 Å². The highest BCUT2D eigenvalue weighted by molar-refractivity contribution is 5.86. The van der Waals surface area contributed by atoms with Crippen LogP contribution >= 0.6 is 0 Å². The number of amides is 1. The molecular formula is C15H19N3O. The van der Waals surface area contributed by atoms with Gasteiger partial charge in [-0.25, -0.2) is 0 Å². The van der Waals surface area contributed by atoms with Crippen LogP contribution in [0.1, 0.15) is 17.9 Å². The van der Waals surface area contributed by atoms with Crippen molar-refractivity contribution in [3.63, 3.8) is 0 Å². The Morgan fingerprint density at radius 1 is 1.53 bits per heavy atom. The van der Waals surface area contributed by atoms with Gasteiger partial charge in [0.1, 0.15) is 5.92 Å². The van der Waals surface area contributed by atoms with E-state index in [1.165, 1.54) is 0 Å². The molecule has 0 aromatic heterocycles. The molecule has 19 heavy (non-hydrogen) atoms. The standard InChI is InChI=1S/C15H19N3O/c1-18-8-7-12(11-18)10-17-15(19)14(9-16)13-5-3-2-4-6-13/h2-6,12,14H,7-8,10-11H2,1H3,(H,17,19). The number of hydrogen-bond donors (Lipinski definition) is 1. The van der Waals surface area contributed by atoms with E-state index in [-0.39, 0.29) is 5.91 Å². The van der Waals surface area contributed by atoms with Crippen LogP contribution < -0.4 is 5.32 Å². The van der Waals surface area contributed by atoms with Crippen molar-refractivity contribution in [3.8, 4) is 6.07 Å². The van der Waals surface area contributed by atoms with Gasteiger partial charge in [0.2, 0.25) is 5.91 Å². The number of nitrogens with one attached hydrogen (secondary N) is 1. The van der Waals surface area contributed by atoms with Gasteiger partial charge in [-0.05, 0) is 31.5 Å². The van der Waals surface area contributed by atoms with E-state index in [9.17, 15) is 4.79 Å². The molecule has 1 aromatic rings. The fraction of sp³-hybridized carbons (Fsp3) is 0.467. The molecular weight excluding hydrogens is 238 g/mol. The summed E-state index contributed by atoms with van der Waals surface area (Å²) in [6.07, 6.45) is 1.11. The summed E-state index contributed by atoms with van der Waals surface area (Å²) in [5.74, 6) is -0.396. The van der Waals surface area contributed by atoms with Crippen molar-refractivity contribution in [1.29, 1.82) is 5.26 Å². The van der Waals surface area contributed by atoms with E-state index in [0.717, 1.165) is 25.1 Å². The number of carbonyl (C=O) groups excluding carboxylic acids is 1. The fourth-order valence-electron chi connectivity index (χ4n) is 2.47. The number of nitriles is 1. The molecule has 0 bridgehead atoms. The zero-order valence-electron chi connectivity index (χ0n) is 11.2. The van der Waals surface area contributed by atoms with E-state index in [0.29, 0.717) is 12.5 Å². The van der Waals surface area contributed by atoms with Crippen molar-refractivity contribution >= 4 is 5.91 Å². The van der Waals surface area contributed by atoms with Crippen LogP contribution in [0.3, 0.4) is 0 Å². The van der Waals surface area contributed by atoms with Gasteiger partial charge in [-0.1, -0.05) is 30.3 Å². The Kier molecular flexibility index (Phi) is 4.53. The molecule has 0 spiro atoms. The number of carbonyl (C=O) groups is 1. The zero-order chi connectivity index (χ0) is 13.7. The Hall–Kier alpha value is -1.86. The quantitative estimate of drug-likeness (QED) is 0.886. The van der Waals surface area contributed by atoms with Crippen molar-refractivity contribution in [2.45, 2.75) is 12.3 Å². The molecule has 2 atom stereocenters. The Morgan fingerprint density at radius 3 is 2.84 bits per heavy atom. The number of nitrogens with zero attached hydrogens (tertiary/aromatic N) is 2. The van der Waals surface area contributed by atoms with Crippen molar-refractivity contribution < 1.29 is 4.79 Å². The predicted octanol–water partition coefficient (Wildman–Crippen LogP) is 1.36. The molecule has 1 N–H and O–H groups in total. The Balaban J connectivity index is 1.90. The highest BCUT2D eigenvalue weighted by Crippen LogP contribution is 2.16. The zero-order valence-corrected chi connectivity index (χ0v) is 11.2. The third kappa shape index (κ3) is 3.55. The molecule has 1 aliphatic heterocycles. The van der Waals surface area contributed by atoms with Crippen LogP contribution in [0.2, 0.25) is 0 Å². The first-order valence-corrected chi connectivity index (χ1v) is 6.61. The lowest BCUT2D eigenvalue weighted by atomic mass is 9.99. The second-order valence-electron chi connectivity index (χ2n) is 5.13. The summed E-state index contributed by atoms with van der Waals surface area (Å²) in [4.78, 5) is 14.3. The summed E-state index contributed by atoms with van der Waals surface area (Å²) in [5, 5.41) is 12.1. The number of hydrogen-bond acceptors (Lipinski definition) is 3. The number of rotatable bonds is 4. The molecule has 1 fully saturated rings. The molecule has 4 heteroatoms. The van der Waals surface area contributed by atoms with Crippen LogP contribution in [0.5, 0.6) is 0 Å². The molecule has 0 saturated carbocycles. The van der Waals surface area contributed by atoms with Crippen molar-refractivity contribution in [2.24, 2.45) is 5.92 Å². The highest BCUT2D eigenvalue weighted by Gasteiger charge is 2.23. The summed E-state index contributed by atoms with van der Waals surface area (Å²) < 4.78 is 0. The van der Waals surface area contributed by atoms with Crippen LogP contribution in [0.25, 0.3) is 0 Å². The van der Waals surface area contributed by atoms with E-state index in [1.54, 1.807) is 0 Å². The highest BCUT2D eigenvalue weighted by atomic mass is 16.1. The summed E-state index contributed by atoms with van der Waals surface area (Å²) in [6, 6.07) is 11.3. The summed E-state index contributed by atoms with van der Waals surface area (Å²) in [5.41, 5.74) is 0.756. The van der Waals surface area contributed by atoms with E-state index in [2.05, 4.69) is 23.3 Å². The summed E-state index contributed by atoms with van der Waals surface area (Å²) in [6.45, 7) is 2.76. The predicted molar refractivity (Wildman–Crippen MR) is 73.4 cm³/mol. The van der Waals surface area contributed by atoms with Gasteiger partial charge < -0.3 is 10.2 Å². The van der Waals surface area contributed by atoms with Crippen LogP contribution in [-0.2, 0) is 4.79 Å². The lowest BCUT2D eigenvalue weighted by Crippen LogP contribution is -2.33. The van der Waals surface area contributed by atoms with Gasteiger partial charge in [0.15, 0.2) is 0 Å². The molecule has 2 rings (SSSR count). The summed E-state index contributed by atoms with van der Waals surface area (Å²) in [7, 11) is 2.09. The molecule has 4 nitrogen and oxygen atoms in total. The van der Waals surface area contributed by atoms with Gasteiger partial charge in [-0.2, -0.15) is 5.26 Å². The minimum Gasteiger partial charge on any atom is -0.354 e. The van der Waals surface area contributed by atoms with Gasteiger partial charge in [0.05, 0.1) is 6.07 Å². The Bertz CT molecular complexity index is 466. The third-order valence-corrected chi connectivity index (χ3v) is 3.58. The second-order valence-corrected chi connectivity index (χ2v) is 5.13. The normalized spacial score (nSPS) is 20.7. The molecule has 2 unspecified atom stereocenters. The van der Waals surface area contributed by atoms with Gasteiger partial charge >= 0.3 is 0 Å². The average molecular weight is 257 g/mol. The third-order valence-electron chi connectivity index (χ3n) is 3.58. The monoisotopic (exact) mass is 257 g/mol. The lowest BCUT2D eigenvalue weighted by Gasteiger charge is -2.14. The molecule has 0 aliphatic carbocycles. The van der Waals surface area contributed by atoms with Crippen molar-refractivity contribution in [3.05, 3.63) is 35.9 Å². The molecule has 100 valence electrons. The van der Waals surface area contributed by atoms with Gasteiger partial charge in [-0.3, -0.25) is 4.79 Å². The number of likely N-dealkylation sites (tertiary alicyclic amines) is 1. The van der Waals surface area contributed by atoms with Crippen LogP contribution in [0.4, 0.5) is 0 Å². The summed E-state index contributed by atoms with van der Waals surface area (Å²) >= 11 is 0. The van der Waals surface area contributed by atoms with Gasteiger partial charge in [0, 0.05) is 13.1 Å².